The van der Waals surface area contributed by atoms with E-state index in [1.54, 1.807) is 10.6 Å². The molecule has 0 bridgehead atoms. The average molecular weight is 332 g/mol. The van der Waals surface area contributed by atoms with E-state index in [2.05, 4.69) is 0 Å². The van der Waals surface area contributed by atoms with Crippen LogP contribution in [0.5, 0.6) is 0 Å². The Balaban J connectivity index is 5.12. The Bertz CT molecular complexity index is 349. The van der Waals surface area contributed by atoms with Gasteiger partial charge < -0.3 is 20.8 Å². The maximum Gasteiger partial charge on any atom is 0.395 e. The summed E-state index contributed by atoms with van der Waals surface area (Å²) in [4.78, 5) is 22.6. The minimum absolute atomic E-state index is 0.0402. The second kappa shape index (κ2) is 8.28. The Kier molecular flexibility index (Phi) is 7.74. The largest absolute Gasteiger partial charge is 0.395 e. The number of nitrogens with one attached hydrogen (secondary N) is 2. The second-order valence-corrected chi connectivity index (χ2v) is 4.67. The molecule has 0 saturated heterocycles. The fourth-order valence-electron chi connectivity index (χ4n) is 1.39. The first kappa shape index (κ1) is 20.6. The first-order valence-electron chi connectivity index (χ1n) is 6.67. The quantitative estimate of drug-likeness (QED) is 0.448. The van der Waals surface area contributed by atoms with Gasteiger partial charge in [-0.05, 0) is 12.8 Å². The summed E-state index contributed by atoms with van der Waals surface area (Å²) >= 11 is 0. The number of hydrogen-bond acceptors (Lipinski definition) is 4. The molecule has 10 heteroatoms. The summed E-state index contributed by atoms with van der Waals surface area (Å²) in [5.41, 5.74) is 0. The van der Waals surface area contributed by atoms with Gasteiger partial charge in [-0.15, -0.1) is 0 Å². The third kappa shape index (κ3) is 4.54. The van der Waals surface area contributed by atoms with Gasteiger partial charge in [0.2, 0.25) is 0 Å². The molecule has 0 unspecified atom stereocenters. The van der Waals surface area contributed by atoms with Gasteiger partial charge in [-0.3, -0.25) is 9.59 Å². The van der Waals surface area contributed by atoms with Gasteiger partial charge >= 0.3 is 11.8 Å². The van der Waals surface area contributed by atoms with Crippen molar-refractivity contribution in [3.05, 3.63) is 0 Å². The lowest BCUT2D eigenvalue weighted by molar-refractivity contribution is -0.212. The van der Waals surface area contributed by atoms with Crippen LogP contribution in [0.25, 0.3) is 0 Å². The van der Waals surface area contributed by atoms with Gasteiger partial charge in [-0.25, -0.2) is 0 Å². The van der Waals surface area contributed by atoms with E-state index >= 15 is 0 Å². The summed E-state index contributed by atoms with van der Waals surface area (Å²) in [5, 5.41) is 20.7. The van der Waals surface area contributed by atoms with E-state index in [1.165, 1.54) is 13.8 Å². The molecule has 0 saturated carbocycles. The Morgan fingerprint density at radius 1 is 0.864 bits per heavy atom. The van der Waals surface area contributed by atoms with Crippen LogP contribution < -0.4 is 10.6 Å². The third-order valence-corrected chi connectivity index (χ3v) is 3.06. The highest BCUT2D eigenvalue weighted by atomic mass is 19.3. The van der Waals surface area contributed by atoms with Crippen LogP contribution in [-0.2, 0) is 9.59 Å². The number of halogens is 4. The zero-order chi connectivity index (χ0) is 17.6. The van der Waals surface area contributed by atoms with Crippen LogP contribution in [0.2, 0.25) is 0 Å². The summed E-state index contributed by atoms with van der Waals surface area (Å²) in [6.45, 7) is 1.46. The van der Waals surface area contributed by atoms with Crippen molar-refractivity contribution in [2.75, 3.05) is 13.2 Å². The van der Waals surface area contributed by atoms with Gasteiger partial charge in [0.25, 0.3) is 11.8 Å². The van der Waals surface area contributed by atoms with Crippen LogP contribution in [0, 0.1) is 0 Å². The smallest absolute Gasteiger partial charge is 0.394 e. The van der Waals surface area contributed by atoms with Gasteiger partial charge in [0.15, 0.2) is 0 Å². The lowest BCUT2D eigenvalue weighted by Crippen LogP contribution is -2.62. The van der Waals surface area contributed by atoms with Crippen molar-refractivity contribution in [3.8, 4) is 0 Å². The minimum atomic E-state index is -5.30. The molecule has 0 heterocycles. The number of rotatable bonds is 9. The molecule has 2 amide bonds. The molecule has 0 aromatic rings. The summed E-state index contributed by atoms with van der Waals surface area (Å²) in [6.07, 6.45) is 0.0804. The molecule has 0 aromatic heterocycles. The monoisotopic (exact) mass is 332 g/mol. The second-order valence-electron chi connectivity index (χ2n) is 4.67. The highest BCUT2D eigenvalue weighted by Gasteiger charge is 2.67. The summed E-state index contributed by atoms with van der Waals surface area (Å²) in [5.74, 6) is -15.3. The van der Waals surface area contributed by atoms with Crippen molar-refractivity contribution in [1.29, 1.82) is 0 Å². The molecule has 0 aliphatic carbocycles. The minimum Gasteiger partial charge on any atom is -0.394 e. The van der Waals surface area contributed by atoms with Crippen molar-refractivity contribution in [2.45, 2.75) is 50.6 Å². The zero-order valence-electron chi connectivity index (χ0n) is 12.2. The van der Waals surface area contributed by atoms with Crippen LogP contribution in [0.1, 0.15) is 26.7 Å². The van der Waals surface area contributed by atoms with E-state index in [9.17, 15) is 27.2 Å². The Morgan fingerprint density at radius 3 is 1.32 bits per heavy atom. The predicted molar refractivity (Wildman–Crippen MR) is 68.5 cm³/mol. The molecule has 0 fully saturated rings. The van der Waals surface area contributed by atoms with Gasteiger partial charge in [-0.1, -0.05) is 13.8 Å². The van der Waals surface area contributed by atoms with Crippen molar-refractivity contribution >= 4 is 11.8 Å². The molecule has 0 radical (unpaired) electrons. The number of aliphatic hydroxyl groups excluding tert-OH is 2. The molecular weight excluding hydrogens is 312 g/mol. The van der Waals surface area contributed by atoms with E-state index in [-0.39, 0.29) is 12.8 Å². The molecule has 6 nitrogen and oxygen atoms in total. The summed E-state index contributed by atoms with van der Waals surface area (Å²) in [7, 11) is 0. The van der Waals surface area contributed by atoms with Crippen LogP contribution in [0.3, 0.4) is 0 Å². The molecule has 4 N–H and O–H groups in total. The standard InChI is InChI=1S/C12H20F4N2O4/c1-3-7(5-19)17-9(21)11(13,14)12(15,16)10(22)18-8(4-2)6-20/h7-8,19-20H,3-6H2,1-2H3,(H,17,21)(H,18,22)/t7-,8-/m0/s1. The molecule has 0 rings (SSSR count). The highest BCUT2D eigenvalue weighted by molar-refractivity contribution is 5.95. The molecule has 22 heavy (non-hydrogen) atoms. The molecule has 130 valence electrons. The number of alkyl halides is 4. The first-order chi connectivity index (χ1) is 10.1. The van der Waals surface area contributed by atoms with Crippen LogP contribution >= 0.6 is 0 Å². The maximum absolute atomic E-state index is 13.6. The molecule has 0 spiro atoms. The van der Waals surface area contributed by atoms with Crippen molar-refractivity contribution < 1.29 is 37.4 Å². The van der Waals surface area contributed by atoms with Crippen LogP contribution in [-0.4, -0.2) is 59.2 Å². The molecule has 0 aliphatic rings. The van der Waals surface area contributed by atoms with Gasteiger partial charge in [0.1, 0.15) is 0 Å². The first-order valence-corrected chi connectivity index (χ1v) is 6.67. The molecular formula is C12H20F4N2O4. The van der Waals surface area contributed by atoms with E-state index in [0.29, 0.717) is 0 Å². The number of hydrogen-bond donors (Lipinski definition) is 4. The number of carbonyl (C=O) groups is 2. The van der Waals surface area contributed by atoms with Gasteiger partial charge in [0, 0.05) is 0 Å². The normalized spacial score (nSPS) is 15.1. The van der Waals surface area contributed by atoms with Gasteiger partial charge in [-0.2, -0.15) is 17.6 Å². The molecule has 2 atom stereocenters. The van der Waals surface area contributed by atoms with E-state index in [1.807, 2.05) is 0 Å². The van der Waals surface area contributed by atoms with E-state index < -0.39 is 49.0 Å². The Hall–Kier alpha value is -1.42. The molecule has 0 aromatic carbocycles. The Morgan fingerprint density at radius 2 is 1.14 bits per heavy atom. The van der Waals surface area contributed by atoms with Crippen LogP contribution in [0.15, 0.2) is 0 Å². The maximum atomic E-state index is 13.6. The summed E-state index contributed by atoms with van der Waals surface area (Å²) < 4.78 is 54.3. The number of carbonyl (C=O) groups excluding carboxylic acids is 2. The topological polar surface area (TPSA) is 98.7 Å². The Labute approximate surface area is 124 Å². The SMILES string of the molecule is CC[C@@H](CO)NC(=O)C(F)(F)C(F)(F)C(=O)N[C@@H](CC)CO. The number of amides is 2. The van der Waals surface area contributed by atoms with E-state index in [4.69, 9.17) is 10.2 Å². The fourth-order valence-corrected chi connectivity index (χ4v) is 1.39. The number of aliphatic hydroxyl groups is 2. The third-order valence-electron chi connectivity index (χ3n) is 3.06. The van der Waals surface area contributed by atoms with Crippen molar-refractivity contribution in [1.82, 2.24) is 10.6 Å². The van der Waals surface area contributed by atoms with Crippen molar-refractivity contribution in [3.63, 3.8) is 0 Å². The van der Waals surface area contributed by atoms with Crippen molar-refractivity contribution in [2.24, 2.45) is 0 Å². The predicted octanol–water partition coefficient (Wildman–Crippen LogP) is 0.0312. The highest BCUT2D eigenvalue weighted by Crippen LogP contribution is 2.35. The van der Waals surface area contributed by atoms with E-state index in [0.717, 1.165) is 0 Å². The lowest BCUT2D eigenvalue weighted by Gasteiger charge is -2.27. The lowest BCUT2D eigenvalue weighted by atomic mass is 10.1. The zero-order valence-corrected chi connectivity index (χ0v) is 12.2. The van der Waals surface area contributed by atoms with Crippen LogP contribution in [0.4, 0.5) is 17.6 Å². The summed E-state index contributed by atoms with van der Waals surface area (Å²) in [6, 6.07) is -2.25. The fraction of sp³-hybridized carbons (Fsp3) is 0.833. The van der Waals surface area contributed by atoms with Gasteiger partial charge in [0.05, 0.1) is 25.3 Å². The molecule has 0 aliphatic heterocycles. The average Bonchev–Trinajstić information content (AvgIpc) is 2.48.